The molecule has 2 aromatic rings. The normalized spacial score (nSPS) is 10.1. The smallest absolute Gasteiger partial charge is 0.252 e. The Morgan fingerprint density at radius 1 is 1.35 bits per heavy atom. The van der Waals surface area contributed by atoms with Crippen LogP contribution in [0.3, 0.4) is 0 Å². The Kier molecular flexibility index (Phi) is 6.72. The van der Waals surface area contributed by atoms with Gasteiger partial charge in [0.1, 0.15) is 5.15 Å². The van der Waals surface area contributed by atoms with Crippen LogP contribution in [-0.4, -0.2) is 23.2 Å². The van der Waals surface area contributed by atoms with Crippen LogP contribution in [0.4, 0.5) is 0 Å². The molecule has 0 spiro atoms. The van der Waals surface area contributed by atoms with Gasteiger partial charge >= 0.3 is 0 Å². The van der Waals surface area contributed by atoms with E-state index in [1.807, 2.05) is 18.2 Å². The molecule has 0 aliphatic heterocycles. The zero-order chi connectivity index (χ0) is 16.7. The molecule has 0 radical (unpaired) electrons. The van der Waals surface area contributed by atoms with E-state index >= 15 is 0 Å². The predicted molar refractivity (Wildman–Crippen MR) is 93.9 cm³/mol. The number of aromatic nitrogens is 1. The van der Waals surface area contributed by atoms with Gasteiger partial charge in [-0.2, -0.15) is 17.0 Å². The van der Waals surface area contributed by atoms with Crippen molar-refractivity contribution in [3.05, 3.63) is 63.4 Å². The van der Waals surface area contributed by atoms with E-state index in [-0.39, 0.29) is 16.1 Å². The molecule has 1 heterocycles. The van der Waals surface area contributed by atoms with Crippen molar-refractivity contribution in [2.75, 3.05) is 12.3 Å². The van der Waals surface area contributed by atoms with Crippen LogP contribution in [-0.2, 0) is 5.75 Å². The van der Waals surface area contributed by atoms with Crippen molar-refractivity contribution in [3.63, 3.8) is 0 Å². The standard InChI is InChI=1S/C16H13Cl2N3OS/c17-14-7-13(9-21-15(14)18)16(22)20-5-6-23-10-12-4-2-1-3-11(12)8-19/h1-4,7,9H,5-6,10H2,(H,20,22). The zero-order valence-electron chi connectivity index (χ0n) is 12.1. The van der Waals surface area contributed by atoms with Crippen LogP contribution in [0.15, 0.2) is 36.5 Å². The van der Waals surface area contributed by atoms with Gasteiger partial charge in [0.15, 0.2) is 0 Å². The van der Waals surface area contributed by atoms with Crippen molar-refractivity contribution in [3.8, 4) is 6.07 Å². The quantitative estimate of drug-likeness (QED) is 0.622. The maximum atomic E-state index is 11.9. The second-order valence-corrected chi connectivity index (χ2v) is 6.44. The fourth-order valence-electron chi connectivity index (χ4n) is 1.82. The molecule has 0 unspecified atom stereocenters. The van der Waals surface area contributed by atoms with E-state index in [0.717, 1.165) is 17.1 Å². The Morgan fingerprint density at radius 2 is 2.13 bits per heavy atom. The van der Waals surface area contributed by atoms with Gasteiger partial charge in [0.2, 0.25) is 0 Å². The van der Waals surface area contributed by atoms with Gasteiger partial charge in [-0.15, -0.1) is 0 Å². The van der Waals surface area contributed by atoms with Gasteiger partial charge in [0.25, 0.3) is 5.91 Å². The van der Waals surface area contributed by atoms with Crippen molar-refractivity contribution in [1.29, 1.82) is 5.26 Å². The number of pyridine rings is 1. The van der Waals surface area contributed by atoms with Gasteiger partial charge in [-0.25, -0.2) is 4.98 Å². The number of thioether (sulfide) groups is 1. The number of amides is 1. The molecule has 0 aliphatic carbocycles. The summed E-state index contributed by atoms with van der Waals surface area (Å²) in [7, 11) is 0. The highest BCUT2D eigenvalue weighted by atomic mass is 35.5. The second kappa shape index (κ2) is 8.78. The molecule has 4 nitrogen and oxygen atoms in total. The molecule has 0 saturated carbocycles. The molecular formula is C16H13Cl2N3OS. The minimum atomic E-state index is -0.242. The number of rotatable bonds is 6. The highest BCUT2D eigenvalue weighted by molar-refractivity contribution is 7.98. The molecule has 1 aromatic carbocycles. The number of nitriles is 1. The first-order valence-electron chi connectivity index (χ1n) is 6.77. The summed E-state index contributed by atoms with van der Waals surface area (Å²) in [6.45, 7) is 0.512. The molecule has 0 atom stereocenters. The van der Waals surface area contributed by atoms with Crippen LogP contribution in [0.25, 0.3) is 0 Å². The SMILES string of the molecule is N#Cc1ccccc1CSCCNC(=O)c1cnc(Cl)c(Cl)c1. The molecule has 1 N–H and O–H groups in total. The van der Waals surface area contributed by atoms with Gasteiger partial charge < -0.3 is 5.32 Å². The Bertz CT molecular complexity index is 746. The number of nitrogens with one attached hydrogen (secondary N) is 1. The van der Waals surface area contributed by atoms with Crippen molar-refractivity contribution in [2.24, 2.45) is 0 Å². The molecule has 1 aromatic heterocycles. The third kappa shape index (κ3) is 5.14. The highest BCUT2D eigenvalue weighted by Crippen LogP contribution is 2.19. The second-order valence-electron chi connectivity index (χ2n) is 4.57. The Morgan fingerprint density at radius 3 is 2.87 bits per heavy atom. The molecule has 23 heavy (non-hydrogen) atoms. The summed E-state index contributed by atoms with van der Waals surface area (Å²) in [5.74, 6) is 1.22. The fourth-order valence-corrected chi connectivity index (χ4v) is 2.95. The lowest BCUT2D eigenvalue weighted by molar-refractivity contribution is 0.0956. The van der Waals surface area contributed by atoms with E-state index in [9.17, 15) is 4.79 Å². The number of carbonyl (C=O) groups excluding carboxylic acids is 1. The first-order chi connectivity index (χ1) is 11.1. The highest BCUT2D eigenvalue weighted by Gasteiger charge is 2.08. The summed E-state index contributed by atoms with van der Waals surface area (Å²) >= 11 is 13.2. The lowest BCUT2D eigenvalue weighted by atomic mass is 10.1. The molecule has 0 bridgehead atoms. The lowest BCUT2D eigenvalue weighted by Crippen LogP contribution is -2.25. The maximum absolute atomic E-state index is 11.9. The molecule has 0 saturated heterocycles. The summed E-state index contributed by atoms with van der Waals surface area (Å²) < 4.78 is 0. The summed E-state index contributed by atoms with van der Waals surface area (Å²) in [4.78, 5) is 15.8. The topological polar surface area (TPSA) is 65.8 Å². The minimum absolute atomic E-state index is 0.176. The van der Waals surface area contributed by atoms with E-state index in [0.29, 0.717) is 17.7 Å². The van der Waals surface area contributed by atoms with E-state index < -0.39 is 0 Å². The van der Waals surface area contributed by atoms with Crippen molar-refractivity contribution < 1.29 is 4.79 Å². The third-order valence-electron chi connectivity index (χ3n) is 2.99. The molecule has 2 rings (SSSR count). The number of benzene rings is 1. The monoisotopic (exact) mass is 365 g/mol. The molecule has 7 heteroatoms. The minimum Gasteiger partial charge on any atom is -0.351 e. The number of carbonyl (C=O) groups is 1. The molecule has 1 amide bonds. The maximum Gasteiger partial charge on any atom is 0.252 e. The molecule has 118 valence electrons. The number of hydrogen-bond donors (Lipinski definition) is 1. The van der Waals surface area contributed by atoms with Gasteiger partial charge in [-0.3, -0.25) is 4.79 Å². The Labute approximate surface area is 148 Å². The van der Waals surface area contributed by atoms with Gasteiger partial charge in [-0.1, -0.05) is 41.4 Å². The summed E-state index contributed by atoms with van der Waals surface area (Å²) in [5, 5.41) is 12.2. The first-order valence-corrected chi connectivity index (χ1v) is 8.68. The van der Waals surface area contributed by atoms with Crippen molar-refractivity contribution >= 4 is 40.9 Å². The van der Waals surface area contributed by atoms with E-state index in [4.69, 9.17) is 28.5 Å². The number of halogens is 2. The zero-order valence-corrected chi connectivity index (χ0v) is 14.4. The Hall–Kier alpha value is -1.74. The van der Waals surface area contributed by atoms with Crippen LogP contribution >= 0.6 is 35.0 Å². The summed E-state index contributed by atoms with van der Waals surface area (Å²) in [5.41, 5.74) is 2.06. The average Bonchev–Trinajstić information content (AvgIpc) is 2.57. The van der Waals surface area contributed by atoms with Crippen LogP contribution < -0.4 is 5.32 Å². The van der Waals surface area contributed by atoms with E-state index in [2.05, 4.69) is 16.4 Å². The van der Waals surface area contributed by atoms with Crippen molar-refractivity contribution in [1.82, 2.24) is 10.3 Å². The molecular weight excluding hydrogens is 353 g/mol. The van der Waals surface area contributed by atoms with Crippen LogP contribution in [0.2, 0.25) is 10.2 Å². The fraction of sp³-hybridized carbons (Fsp3) is 0.188. The molecule has 0 aliphatic rings. The predicted octanol–water partition coefficient (Wildman–Crippen LogP) is 3.92. The van der Waals surface area contributed by atoms with Crippen molar-refractivity contribution in [2.45, 2.75) is 5.75 Å². The van der Waals surface area contributed by atoms with Gasteiger partial charge in [0.05, 0.1) is 22.2 Å². The van der Waals surface area contributed by atoms with Gasteiger partial charge in [0, 0.05) is 24.2 Å². The summed E-state index contributed by atoms with van der Waals surface area (Å²) in [6.07, 6.45) is 1.39. The lowest BCUT2D eigenvalue weighted by Gasteiger charge is -2.06. The average molecular weight is 366 g/mol. The van der Waals surface area contributed by atoms with Crippen LogP contribution in [0, 0.1) is 11.3 Å². The van der Waals surface area contributed by atoms with Crippen LogP contribution in [0.5, 0.6) is 0 Å². The van der Waals surface area contributed by atoms with Gasteiger partial charge in [-0.05, 0) is 17.7 Å². The largest absolute Gasteiger partial charge is 0.351 e. The van der Waals surface area contributed by atoms with E-state index in [1.54, 1.807) is 17.8 Å². The first kappa shape index (κ1) is 17.6. The van der Waals surface area contributed by atoms with E-state index in [1.165, 1.54) is 12.3 Å². The molecule has 0 fully saturated rings. The number of nitrogens with zero attached hydrogens (tertiary/aromatic N) is 2. The van der Waals surface area contributed by atoms with Crippen LogP contribution in [0.1, 0.15) is 21.5 Å². The Balaban J connectivity index is 1.76. The third-order valence-corrected chi connectivity index (χ3v) is 4.68. The number of hydrogen-bond acceptors (Lipinski definition) is 4. The summed E-state index contributed by atoms with van der Waals surface area (Å²) in [6, 6.07) is 11.2.